The number of carbonyl (C=O) groups is 1. The number of esters is 1. The number of carbonyl (C=O) groups excluding carboxylic acids is 1. The summed E-state index contributed by atoms with van der Waals surface area (Å²) in [4.78, 5) is 11.7. The van der Waals surface area contributed by atoms with Crippen molar-refractivity contribution in [3.8, 4) is 11.5 Å². The van der Waals surface area contributed by atoms with Crippen LogP contribution in [0.25, 0.3) is 0 Å². The Morgan fingerprint density at radius 1 is 0.964 bits per heavy atom. The number of ether oxygens (including phenoxy) is 3. The summed E-state index contributed by atoms with van der Waals surface area (Å²) in [6.07, 6.45) is 0.659. The molecule has 2 aromatic carbocycles. The van der Waals surface area contributed by atoms with Crippen LogP contribution in [0.4, 0.5) is 0 Å². The van der Waals surface area contributed by atoms with Crippen LogP contribution in [0.1, 0.15) is 29.3 Å². The van der Waals surface area contributed by atoms with Gasteiger partial charge in [-0.15, -0.1) is 0 Å². The van der Waals surface area contributed by atoms with E-state index >= 15 is 0 Å². The SMILES string of the molecule is CCCN(Cc1ccc(C(=O)OC)cc1)S(=O)(=O)c1ccc(OC)c(OC)c1. The highest BCUT2D eigenvalue weighted by molar-refractivity contribution is 7.89. The van der Waals surface area contributed by atoms with Crippen molar-refractivity contribution in [3.63, 3.8) is 0 Å². The monoisotopic (exact) mass is 407 g/mol. The molecule has 0 unspecified atom stereocenters. The maximum Gasteiger partial charge on any atom is 0.337 e. The molecule has 7 nitrogen and oxygen atoms in total. The summed E-state index contributed by atoms with van der Waals surface area (Å²) >= 11 is 0. The first-order valence-corrected chi connectivity index (χ1v) is 10.2. The third-order valence-corrected chi connectivity index (χ3v) is 6.04. The Balaban J connectivity index is 2.32. The largest absolute Gasteiger partial charge is 0.493 e. The second-order valence-corrected chi connectivity index (χ2v) is 7.98. The summed E-state index contributed by atoms with van der Waals surface area (Å²) in [5.74, 6) is 0.374. The fraction of sp³-hybridized carbons (Fsp3) is 0.350. The molecule has 0 saturated carbocycles. The van der Waals surface area contributed by atoms with Gasteiger partial charge in [-0.3, -0.25) is 0 Å². The number of nitrogens with zero attached hydrogens (tertiary/aromatic N) is 1. The first kappa shape index (κ1) is 21.7. The summed E-state index contributed by atoms with van der Waals surface area (Å²) < 4.78 is 42.8. The number of methoxy groups -OCH3 is 3. The zero-order valence-electron chi connectivity index (χ0n) is 16.5. The third-order valence-electron chi connectivity index (χ3n) is 4.20. The molecule has 28 heavy (non-hydrogen) atoms. The summed E-state index contributed by atoms with van der Waals surface area (Å²) in [6.45, 7) is 2.46. The van der Waals surface area contributed by atoms with Crippen LogP contribution in [-0.2, 0) is 21.3 Å². The normalized spacial score (nSPS) is 11.3. The number of benzene rings is 2. The van der Waals surface area contributed by atoms with Gasteiger partial charge in [-0.25, -0.2) is 13.2 Å². The first-order chi connectivity index (χ1) is 13.4. The van der Waals surface area contributed by atoms with Crippen LogP contribution in [0.2, 0.25) is 0 Å². The van der Waals surface area contributed by atoms with E-state index in [1.165, 1.54) is 37.8 Å². The third kappa shape index (κ3) is 4.82. The van der Waals surface area contributed by atoms with Gasteiger partial charge in [-0.2, -0.15) is 4.31 Å². The molecule has 0 N–H and O–H groups in total. The van der Waals surface area contributed by atoms with Crippen LogP contribution in [0.5, 0.6) is 11.5 Å². The lowest BCUT2D eigenvalue weighted by Gasteiger charge is -2.22. The molecule has 2 aromatic rings. The van der Waals surface area contributed by atoms with Crippen molar-refractivity contribution in [2.75, 3.05) is 27.9 Å². The predicted octanol–water partition coefficient (Wildman–Crippen LogP) is 3.09. The Labute approximate surface area is 165 Å². The Kier molecular flexibility index (Phi) is 7.42. The van der Waals surface area contributed by atoms with E-state index in [-0.39, 0.29) is 11.4 Å². The van der Waals surface area contributed by atoms with Crippen LogP contribution in [0.3, 0.4) is 0 Å². The van der Waals surface area contributed by atoms with Crippen molar-refractivity contribution >= 4 is 16.0 Å². The summed E-state index contributed by atoms with van der Waals surface area (Å²) in [5.41, 5.74) is 1.18. The van der Waals surface area contributed by atoms with Crippen LogP contribution in [0.15, 0.2) is 47.4 Å². The molecule has 0 aliphatic heterocycles. The van der Waals surface area contributed by atoms with E-state index in [1.54, 1.807) is 30.3 Å². The Morgan fingerprint density at radius 3 is 2.14 bits per heavy atom. The highest BCUT2D eigenvalue weighted by Crippen LogP contribution is 2.31. The average molecular weight is 407 g/mol. The van der Waals surface area contributed by atoms with Crippen molar-refractivity contribution in [2.45, 2.75) is 24.8 Å². The lowest BCUT2D eigenvalue weighted by molar-refractivity contribution is 0.0600. The molecule has 0 spiro atoms. The van der Waals surface area contributed by atoms with Gasteiger partial charge < -0.3 is 14.2 Å². The highest BCUT2D eigenvalue weighted by Gasteiger charge is 2.25. The molecule has 152 valence electrons. The summed E-state index contributed by atoms with van der Waals surface area (Å²) in [7, 11) is 0.523. The van der Waals surface area contributed by atoms with Crippen molar-refractivity contribution in [1.29, 1.82) is 0 Å². The van der Waals surface area contributed by atoms with Gasteiger partial charge in [0.25, 0.3) is 0 Å². The quantitative estimate of drug-likeness (QED) is 0.594. The fourth-order valence-electron chi connectivity index (χ4n) is 2.73. The molecule has 0 heterocycles. The first-order valence-electron chi connectivity index (χ1n) is 8.76. The van der Waals surface area contributed by atoms with Crippen LogP contribution < -0.4 is 9.47 Å². The zero-order chi connectivity index (χ0) is 20.7. The molecule has 0 fully saturated rings. The van der Waals surface area contributed by atoms with Gasteiger partial charge in [0.1, 0.15) is 0 Å². The molecule has 0 bridgehead atoms. The van der Waals surface area contributed by atoms with Gasteiger partial charge in [0.2, 0.25) is 10.0 Å². The van der Waals surface area contributed by atoms with Gasteiger partial charge in [-0.05, 0) is 36.2 Å². The van der Waals surface area contributed by atoms with E-state index in [0.29, 0.717) is 30.0 Å². The standard InChI is InChI=1S/C20H25NO6S/c1-5-12-21(14-15-6-8-16(9-7-15)20(22)27-4)28(23,24)17-10-11-18(25-2)19(13-17)26-3/h6-11,13H,5,12,14H2,1-4H3. The minimum absolute atomic E-state index is 0.129. The zero-order valence-corrected chi connectivity index (χ0v) is 17.3. The minimum atomic E-state index is -3.74. The van der Waals surface area contributed by atoms with Crippen LogP contribution in [-0.4, -0.2) is 46.6 Å². The molecule has 8 heteroatoms. The second kappa shape index (κ2) is 9.57. The van der Waals surface area contributed by atoms with Gasteiger partial charge in [0.15, 0.2) is 11.5 Å². The number of hydrogen-bond donors (Lipinski definition) is 0. The molecular weight excluding hydrogens is 382 g/mol. The molecule has 0 aromatic heterocycles. The van der Waals surface area contributed by atoms with Crippen molar-refractivity contribution in [1.82, 2.24) is 4.31 Å². The van der Waals surface area contributed by atoms with Gasteiger partial charge in [-0.1, -0.05) is 19.1 Å². The fourth-order valence-corrected chi connectivity index (χ4v) is 4.26. The van der Waals surface area contributed by atoms with E-state index in [9.17, 15) is 13.2 Å². The Hall–Kier alpha value is -2.58. The van der Waals surface area contributed by atoms with E-state index < -0.39 is 16.0 Å². The topological polar surface area (TPSA) is 82.1 Å². The minimum Gasteiger partial charge on any atom is -0.493 e. The summed E-state index contributed by atoms with van der Waals surface area (Å²) in [5, 5.41) is 0. The number of rotatable bonds is 9. The number of sulfonamides is 1. The molecule has 0 atom stereocenters. The maximum absolute atomic E-state index is 13.2. The van der Waals surface area contributed by atoms with Crippen molar-refractivity contribution < 1.29 is 27.4 Å². The molecule has 0 radical (unpaired) electrons. The predicted molar refractivity (Wildman–Crippen MR) is 105 cm³/mol. The van der Waals surface area contributed by atoms with Gasteiger partial charge >= 0.3 is 5.97 Å². The highest BCUT2D eigenvalue weighted by atomic mass is 32.2. The van der Waals surface area contributed by atoms with Crippen molar-refractivity contribution in [2.24, 2.45) is 0 Å². The molecule has 0 amide bonds. The molecular formula is C20H25NO6S. The number of hydrogen-bond acceptors (Lipinski definition) is 6. The lowest BCUT2D eigenvalue weighted by Crippen LogP contribution is -2.31. The van der Waals surface area contributed by atoms with E-state index in [4.69, 9.17) is 9.47 Å². The molecule has 2 rings (SSSR count). The Morgan fingerprint density at radius 2 is 1.61 bits per heavy atom. The molecule has 0 aliphatic carbocycles. The van der Waals surface area contributed by atoms with Gasteiger partial charge in [0.05, 0.1) is 31.8 Å². The molecule has 0 aliphatic rings. The van der Waals surface area contributed by atoms with E-state index in [2.05, 4.69) is 4.74 Å². The molecule has 0 saturated heterocycles. The van der Waals surface area contributed by atoms with E-state index in [1.807, 2.05) is 6.92 Å². The second-order valence-electron chi connectivity index (χ2n) is 6.04. The van der Waals surface area contributed by atoms with Crippen molar-refractivity contribution in [3.05, 3.63) is 53.6 Å². The summed E-state index contributed by atoms with van der Waals surface area (Å²) in [6, 6.07) is 11.2. The Bertz CT molecular complexity index is 909. The lowest BCUT2D eigenvalue weighted by atomic mass is 10.1. The van der Waals surface area contributed by atoms with Crippen LogP contribution >= 0.6 is 0 Å². The van der Waals surface area contributed by atoms with Crippen LogP contribution in [0, 0.1) is 0 Å². The average Bonchev–Trinajstić information content (AvgIpc) is 2.72. The smallest absolute Gasteiger partial charge is 0.337 e. The van der Waals surface area contributed by atoms with E-state index in [0.717, 1.165) is 5.56 Å². The van der Waals surface area contributed by atoms with Gasteiger partial charge in [0, 0.05) is 19.2 Å². The maximum atomic E-state index is 13.2.